The molecule has 16 heavy (non-hydrogen) atoms. The highest BCUT2D eigenvalue weighted by Gasteiger charge is 2.19. The molecule has 0 radical (unpaired) electrons. The largest absolute Gasteiger partial charge is 0.389 e. The van der Waals surface area contributed by atoms with Crippen LogP contribution in [0.25, 0.3) is 0 Å². The van der Waals surface area contributed by atoms with Crippen molar-refractivity contribution in [2.75, 3.05) is 13.1 Å². The molecule has 0 aromatic carbocycles. The van der Waals surface area contributed by atoms with Crippen molar-refractivity contribution >= 4 is 5.91 Å². The van der Waals surface area contributed by atoms with Crippen LogP contribution in [0.3, 0.4) is 0 Å². The van der Waals surface area contributed by atoms with Gasteiger partial charge in [0.25, 0.3) is 0 Å². The summed E-state index contributed by atoms with van der Waals surface area (Å²) in [6.45, 7) is 10.4. The SMILES string of the molecule is CCC(C)(O)CNCC(=O)NC(C)(C)CC. The molecule has 0 aromatic heterocycles. The van der Waals surface area contributed by atoms with Crippen molar-refractivity contribution in [3.8, 4) is 0 Å². The van der Waals surface area contributed by atoms with Gasteiger partial charge < -0.3 is 15.7 Å². The van der Waals surface area contributed by atoms with Crippen LogP contribution in [-0.4, -0.2) is 35.2 Å². The third kappa shape index (κ3) is 6.80. The van der Waals surface area contributed by atoms with E-state index in [1.54, 1.807) is 6.92 Å². The van der Waals surface area contributed by atoms with E-state index in [-0.39, 0.29) is 18.0 Å². The van der Waals surface area contributed by atoms with Crippen molar-refractivity contribution in [1.29, 1.82) is 0 Å². The molecular weight excluding hydrogens is 204 g/mol. The Morgan fingerprint density at radius 2 is 1.75 bits per heavy atom. The summed E-state index contributed by atoms with van der Waals surface area (Å²) in [5, 5.41) is 15.6. The van der Waals surface area contributed by atoms with Crippen LogP contribution in [0.15, 0.2) is 0 Å². The molecule has 96 valence electrons. The summed E-state index contributed by atoms with van der Waals surface area (Å²) in [5.74, 6) is -0.0289. The molecule has 0 fully saturated rings. The third-order valence-electron chi connectivity index (χ3n) is 2.91. The van der Waals surface area contributed by atoms with Crippen LogP contribution in [0, 0.1) is 0 Å². The maximum absolute atomic E-state index is 11.5. The zero-order chi connectivity index (χ0) is 12.8. The number of rotatable bonds is 7. The second-order valence-electron chi connectivity index (χ2n) is 5.24. The van der Waals surface area contributed by atoms with E-state index in [1.165, 1.54) is 0 Å². The first-order chi connectivity index (χ1) is 7.22. The van der Waals surface area contributed by atoms with Crippen LogP contribution in [0.5, 0.6) is 0 Å². The molecule has 0 aliphatic heterocycles. The highest BCUT2D eigenvalue weighted by molar-refractivity contribution is 5.78. The van der Waals surface area contributed by atoms with E-state index in [9.17, 15) is 9.90 Å². The Labute approximate surface area is 98.8 Å². The van der Waals surface area contributed by atoms with Gasteiger partial charge in [0.15, 0.2) is 0 Å². The van der Waals surface area contributed by atoms with Crippen LogP contribution in [0.2, 0.25) is 0 Å². The van der Waals surface area contributed by atoms with Gasteiger partial charge in [0.05, 0.1) is 12.1 Å². The minimum absolute atomic E-state index is 0.0289. The van der Waals surface area contributed by atoms with Gasteiger partial charge in [0, 0.05) is 12.1 Å². The Morgan fingerprint density at radius 1 is 1.19 bits per heavy atom. The van der Waals surface area contributed by atoms with Gasteiger partial charge in [-0.2, -0.15) is 0 Å². The van der Waals surface area contributed by atoms with Gasteiger partial charge in [0.1, 0.15) is 0 Å². The molecule has 1 amide bonds. The number of aliphatic hydroxyl groups is 1. The molecule has 0 rings (SSSR count). The fourth-order valence-corrected chi connectivity index (χ4v) is 1.08. The lowest BCUT2D eigenvalue weighted by molar-refractivity contribution is -0.122. The maximum atomic E-state index is 11.5. The quantitative estimate of drug-likeness (QED) is 0.612. The summed E-state index contributed by atoms with van der Waals surface area (Å²) in [6.07, 6.45) is 1.56. The molecule has 3 N–H and O–H groups in total. The Balaban J connectivity index is 3.83. The van der Waals surface area contributed by atoms with Gasteiger partial charge in [-0.05, 0) is 33.6 Å². The van der Waals surface area contributed by atoms with Crippen LogP contribution in [0.4, 0.5) is 0 Å². The standard InChI is InChI=1S/C12H26N2O2/c1-6-11(3,4)14-10(15)8-13-9-12(5,16)7-2/h13,16H,6-9H2,1-5H3,(H,14,15). The summed E-state index contributed by atoms with van der Waals surface area (Å²) >= 11 is 0. The fourth-order valence-electron chi connectivity index (χ4n) is 1.08. The van der Waals surface area contributed by atoms with E-state index in [0.717, 1.165) is 6.42 Å². The minimum atomic E-state index is -0.736. The van der Waals surface area contributed by atoms with Crippen LogP contribution in [-0.2, 0) is 4.79 Å². The van der Waals surface area contributed by atoms with Gasteiger partial charge in [-0.3, -0.25) is 4.79 Å². The number of hydrogen-bond acceptors (Lipinski definition) is 3. The molecule has 0 saturated heterocycles. The lowest BCUT2D eigenvalue weighted by Gasteiger charge is -2.25. The molecule has 0 spiro atoms. The summed E-state index contributed by atoms with van der Waals surface area (Å²) in [6, 6.07) is 0. The Bertz CT molecular complexity index is 225. The molecule has 4 nitrogen and oxygen atoms in total. The number of hydrogen-bond donors (Lipinski definition) is 3. The Kier molecular flexibility index (Phi) is 5.97. The van der Waals surface area contributed by atoms with Crippen LogP contribution >= 0.6 is 0 Å². The van der Waals surface area contributed by atoms with Crippen molar-refractivity contribution in [2.24, 2.45) is 0 Å². The first kappa shape index (κ1) is 15.4. The normalized spacial score (nSPS) is 15.6. The third-order valence-corrected chi connectivity index (χ3v) is 2.91. The van der Waals surface area contributed by atoms with E-state index in [2.05, 4.69) is 10.6 Å². The average molecular weight is 230 g/mol. The van der Waals surface area contributed by atoms with Gasteiger partial charge in [-0.1, -0.05) is 13.8 Å². The lowest BCUT2D eigenvalue weighted by Crippen LogP contribution is -2.48. The molecule has 4 heteroatoms. The Hall–Kier alpha value is -0.610. The van der Waals surface area contributed by atoms with Gasteiger partial charge in [-0.15, -0.1) is 0 Å². The molecular formula is C12H26N2O2. The van der Waals surface area contributed by atoms with Crippen molar-refractivity contribution < 1.29 is 9.90 Å². The highest BCUT2D eigenvalue weighted by atomic mass is 16.3. The minimum Gasteiger partial charge on any atom is -0.389 e. The average Bonchev–Trinajstić information content (AvgIpc) is 2.17. The molecule has 1 atom stereocenters. The predicted octanol–water partition coefficient (Wildman–Crippen LogP) is 1.04. The molecule has 0 heterocycles. The van der Waals surface area contributed by atoms with E-state index >= 15 is 0 Å². The van der Waals surface area contributed by atoms with Crippen molar-refractivity contribution in [2.45, 2.75) is 58.6 Å². The number of amides is 1. The summed E-state index contributed by atoms with van der Waals surface area (Å²) in [7, 11) is 0. The topological polar surface area (TPSA) is 61.4 Å². The van der Waals surface area contributed by atoms with Gasteiger partial charge in [-0.25, -0.2) is 0 Å². The molecule has 0 aromatic rings. The smallest absolute Gasteiger partial charge is 0.234 e. The predicted molar refractivity (Wildman–Crippen MR) is 66.3 cm³/mol. The summed E-state index contributed by atoms with van der Waals surface area (Å²) in [4.78, 5) is 11.5. The second-order valence-corrected chi connectivity index (χ2v) is 5.24. The summed E-state index contributed by atoms with van der Waals surface area (Å²) in [5.41, 5.74) is -0.896. The van der Waals surface area contributed by atoms with Crippen molar-refractivity contribution in [1.82, 2.24) is 10.6 Å². The lowest BCUT2D eigenvalue weighted by atomic mass is 10.0. The van der Waals surface area contributed by atoms with E-state index in [4.69, 9.17) is 0 Å². The first-order valence-corrected chi connectivity index (χ1v) is 5.96. The zero-order valence-electron chi connectivity index (χ0n) is 11.2. The number of carbonyl (C=O) groups is 1. The molecule has 0 saturated carbocycles. The first-order valence-electron chi connectivity index (χ1n) is 5.96. The van der Waals surface area contributed by atoms with E-state index in [0.29, 0.717) is 13.0 Å². The van der Waals surface area contributed by atoms with Crippen molar-refractivity contribution in [3.63, 3.8) is 0 Å². The van der Waals surface area contributed by atoms with Gasteiger partial charge in [0.2, 0.25) is 5.91 Å². The molecule has 1 unspecified atom stereocenters. The second kappa shape index (κ2) is 6.21. The van der Waals surface area contributed by atoms with Crippen LogP contribution < -0.4 is 10.6 Å². The number of carbonyl (C=O) groups excluding carboxylic acids is 1. The highest BCUT2D eigenvalue weighted by Crippen LogP contribution is 2.07. The zero-order valence-corrected chi connectivity index (χ0v) is 11.2. The molecule has 0 bridgehead atoms. The Morgan fingerprint density at radius 3 is 2.19 bits per heavy atom. The van der Waals surface area contributed by atoms with E-state index < -0.39 is 5.60 Å². The maximum Gasteiger partial charge on any atom is 0.234 e. The molecule has 0 aliphatic carbocycles. The van der Waals surface area contributed by atoms with Crippen LogP contribution in [0.1, 0.15) is 47.5 Å². The monoisotopic (exact) mass is 230 g/mol. The van der Waals surface area contributed by atoms with Gasteiger partial charge >= 0.3 is 0 Å². The molecule has 0 aliphatic rings. The van der Waals surface area contributed by atoms with E-state index in [1.807, 2.05) is 27.7 Å². The fraction of sp³-hybridized carbons (Fsp3) is 0.917. The number of nitrogens with one attached hydrogen (secondary N) is 2. The van der Waals surface area contributed by atoms with Crippen molar-refractivity contribution in [3.05, 3.63) is 0 Å². The summed E-state index contributed by atoms with van der Waals surface area (Å²) < 4.78 is 0.